The summed E-state index contributed by atoms with van der Waals surface area (Å²) in [4.78, 5) is 27.0. The van der Waals surface area contributed by atoms with Gasteiger partial charge in [-0.05, 0) is 36.4 Å². The summed E-state index contributed by atoms with van der Waals surface area (Å²) in [7, 11) is -3.79. The Morgan fingerprint density at radius 2 is 1.67 bits per heavy atom. The number of anilines is 2. The molecule has 1 unspecified atom stereocenters. The minimum Gasteiger partial charge on any atom is -0.424 e. The average Bonchev–Trinajstić information content (AvgIpc) is 3.33. The second-order valence-electron chi connectivity index (χ2n) is 7.69. The van der Waals surface area contributed by atoms with E-state index in [1.807, 2.05) is 30.3 Å². The van der Waals surface area contributed by atoms with Crippen molar-refractivity contribution in [2.75, 3.05) is 16.8 Å². The maximum absolute atomic E-state index is 12.9. The molecule has 5 rings (SSSR count). The van der Waals surface area contributed by atoms with Crippen LogP contribution in [0, 0.1) is 5.92 Å². The zero-order valence-corrected chi connectivity index (χ0v) is 18.2. The summed E-state index contributed by atoms with van der Waals surface area (Å²) in [6, 6.07) is 22.3. The average molecular weight is 461 g/mol. The summed E-state index contributed by atoms with van der Waals surface area (Å²) < 4.78 is 34.1. The van der Waals surface area contributed by atoms with Gasteiger partial charge < -0.3 is 15.0 Å². The third kappa shape index (κ3) is 3.98. The molecule has 0 aliphatic carbocycles. The topological polar surface area (TPSA) is 105 Å². The summed E-state index contributed by atoms with van der Waals surface area (Å²) in [5.74, 6) is -0.914. The molecule has 0 radical (unpaired) electrons. The number of nitrogens with one attached hydrogen (secondary N) is 1. The predicted molar refractivity (Wildman–Crippen MR) is 123 cm³/mol. The SMILES string of the molecule is O=C(Oc1ccccc1NC1=NS(=O)(=O)c2ccccc21)C1CC(=O)N(c2ccccc2)C1. The lowest BCUT2D eigenvalue weighted by Gasteiger charge is -2.17. The van der Waals surface area contributed by atoms with E-state index in [4.69, 9.17) is 4.74 Å². The van der Waals surface area contributed by atoms with Gasteiger partial charge in [-0.25, -0.2) is 0 Å². The predicted octanol–water partition coefficient (Wildman–Crippen LogP) is 3.21. The number of hydrogen-bond acceptors (Lipinski definition) is 6. The fourth-order valence-corrected chi connectivity index (χ4v) is 5.07. The van der Waals surface area contributed by atoms with Crippen LogP contribution in [0.15, 0.2) is 88.2 Å². The van der Waals surface area contributed by atoms with E-state index in [1.165, 1.54) is 6.07 Å². The number of para-hydroxylation sites is 3. The van der Waals surface area contributed by atoms with Gasteiger partial charge in [0.25, 0.3) is 10.0 Å². The van der Waals surface area contributed by atoms with E-state index in [9.17, 15) is 18.0 Å². The molecule has 2 aliphatic heterocycles. The molecule has 0 saturated carbocycles. The largest absolute Gasteiger partial charge is 0.424 e. The molecule has 0 bridgehead atoms. The van der Waals surface area contributed by atoms with E-state index < -0.39 is 21.9 Å². The lowest BCUT2D eigenvalue weighted by molar-refractivity contribution is -0.139. The number of rotatable bonds is 4. The third-order valence-corrected chi connectivity index (χ3v) is 6.84. The van der Waals surface area contributed by atoms with Crippen molar-refractivity contribution in [3.8, 4) is 5.75 Å². The Bertz CT molecular complexity index is 1390. The number of nitrogens with zero attached hydrogens (tertiary/aromatic N) is 2. The van der Waals surface area contributed by atoms with Gasteiger partial charge in [0.2, 0.25) is 5.91 Å². The number of benzene rings is 3. The van der Waals surface area contributed by atoms with Crippen molar-refractivity contribution in [1.82, 2.24) is 0 Å². The van der Waals surface area contributed by atoms with Crippen molar-refractivity contribution >= 4 is 39.1 Å². The Morgan fingerprint density at radius 1 is 0.970 bits per heavy atom. The molecule has 3 aromatic rings. The van der Waals surface area contributed by atoms with E-state index >= 15 is 0 Å². The van der Waals surface area contributed by atoms with Crippen molar-refractivity contribution in [3.05, 3.63) is 84.4 Å². The van der Waals surface area contributed by atoms with Crippen LogP contribution in [0.4, 0.5) is 11.4 Å². The minimum absolute atomic E-state index is 0.0572. The van der Waals surface area contributed by atoms with E-state index in [-0.39, 0.29) is 35.4 Å². The highest BCUT2D eigenvalue weighted by Gasteiger charge is 2.37. The molecule has 0 aromatic heterocycles. The summed E-state index contributed by atoms with van der Waals surface area (Å²) in [5.41, 5.74) is 1.57. The molecular formula is C24H19N3O5S. The molecular weight excluding hydrogens is 442 g/mol. The molecule has 1 fully saturated rings. The Kier molecular flexibility index (Phi) is 5.18. The van der Waals surface area contributed by atoms with Crippen molar-refractivity contribution in [2.24, 2.45) is 10.3 Å². The number of carbonyl (C=O) groups is 2. The second-order valence-corrected chi connectivity index (χ2v) is 9.27. The van der Waals surface area contributed by atoms with Gasteiger partial charge in [0.1, 0.15) is 4.90 Å². The van der Waals surface area contributed by atoms with E-state index in [0.29, 0.717) is 11.3 Å². The van der Waals surface area contributed by atoms with Crippen LogP contribution < -0.4 is 15.0 Å². The van der Waals surface area contributed by atoms with E-state index in [2.05, 4.69) is 9.71 Å². The fourth-order valence-electron chi connectivity index (χ4n) is 3.90. The fraction of sp³-hybridized carbons (Fsp3) is 0.125. The zero-order valence-electron chi connectivity index (χ0n) is 17.3. The number of hydrogen-bond donors (Lipinski definition) is 1. The minimum atomic E-state index is -3.79. The molecule has 1 N–H and O–H groups in total. The maximum Gasteiger partial charge on any atom is 0.316 e. The number of amides is 1. The summed E-state index contributed by atoms with van der Waals surface area (Å²) >= 11 is 0. The number of carbonyl (C=O) groups excluding carboxylic acids is 2. The summed E-state index contributed by atoms with van der Waals surface area (Å²) in [5, 5.41) is 2.98. The molecule has 33 heavy (non-hydrogen) atoms. The molecule has 8 nitrogen and oxygen atoms in total. The molecule has 1 atom stereocenters. The first-order chi connectivity index (χ1) is 15.9. The smallest absolute Gasteiger partial charge is 0.316 e. The first-order valence-electron chi connectivity index (χ1n) is 10.3. The quantitative estimate of drug-likeness (QED) is 0.473. The van der Waals surface area contributed by atoms with Gasteiger partial charge in [-0.15, -0.1) is 4.40 Å². The van der Waals surface area contributed by atoms with Crippen LogP contribution in [0.2, 0.25) is 0 Å². The van der Waals surface area contributed by atoms with Crippen molar-refractivity contribution in [2.45, 2.75) is 11.3 Å². The van der Waals surface area contributed by atoms with Crippen LogP contribution in [0.5, 0.6) is 5.75 Å². The molecule has 166 valence electrons. The lowest BCUT2D eigenvalue weighted by Crippen LogP contribution is -2.27. The lowest BCUT2D eigenvalue weighted by atomic mass is 10.1. The molecule has 1 amide bonds. The molecule has 2 heterocycles. The Hall–Kier alpha value is -3.98. The van der Waals surface area contributed by atoms with Crippen molar-refractivity contribution in [3.63, 3.8) is 0 Å². The third-order valence-electron chi connectivity index (χ3n) is 5.51. The van der Waals surface area contributed by atoms with Crippen LogP contribution in [0.3, 0.4) is 0 Å². The standard InChI is InChI=1S/C24H19N3O5S/c28-22-14-16(15-27(22)17-8-2-1-3-9-17)24(29)32-20-12-6-5-11-19(20)25-23-18-10-4-7-13-21(18)33(30,31)26-23/h1-13,16H,14-15H2,(H,25,26). The van der Waals surface area contributed by atoms with Gasteiger partial charge in [-0.1, -0.05) is 42.5 Å². The maximum atomic E-state index is 12.9. The highest BCUT2D eigenvalue weighted by atomic mass is 32.2. The van der Waals surface area contributed by atoms with Gasteiger partial charge in [0, 0.05) is 24.2 Å². The molecule has 0 spiro atoms. The first-order valence-corrected chi connectivity index (χ1v) is 11.7. The van der Waals surface area contributed by atoms with Crippen molar-refractivity contribution < 1.29 is 22.7 Å². The van der Waals surface area contributed by atoms with Gasteiger partial charge in [-0.2, -0.15) is 8.42 Å². The Labute approximate surface area is 190 Å². The Balaban J connectivity index is 1.34. The molecule has 1 saturated heterocycles. The summed E-state index contributed by atoms with van der Waals surface area (Å²) in [6.07, 6.45) is 0.0572. The number of sulfonamides is 1. The van der Waals surface area contributed by atoms with Crippen LogP contribution in [-0.2, 0) is 19.6 Å². The molecule has 3 aromatic carbocycles. The number of esters is 1. The van der Waals surface area contributed by atoms with Gasteiger partial charge in [-0.3, -0.25) is 9.59 Å². The normalized spacial score (nSPS) is 18.5. The number of fused-ring (bicyclic) bond motifs is 1. The van der Waals surface area contributed by atoms with Gasteiger partial charge >= 0.3 is 5.97 Å². The Morgan fingerprint density at radius 3 is 2.48 bits per heavy atom. The van der Waals surface area contributed by atoms with Crippen molar-refractivity contribution in [1.29, 1.82) is 0 Å². The summed E-state index contributed by atoms with van der Waals surface area (Å²) in [6.45, 7) is 0.232. The number of ether oxygens (including phenoxy) is 1. The van der Waals surface area contributed by atoms with Crippen LogP contribution >= 0.6 is 0 Å². The first kappa shape index (κ1) is 20.9. The zero-order chi connectivity index (χ0) is 23.0. The van der Waals surface area contributed by atoms with Crippen LogP contribution in [0.1, 0.15) is 12.0 Å². The molecule has 2 aliphatic rings. The highest BCUT2D eigenvalue weighted by molar-refractivity contribution is 7.90. The monoisotopic (exact) mass is 461 g/mol. The number of amidine groups is 1. The van der Waals surface area contributed by atoms with Gasteiger partial charge in [0.05, 0.1) is 11.6 Å². The van der Waals surface area contributed by atoms with E-state index in [1.54, 1.807) is 47.4 Å². The van der Waals surface area contributed by atoms with Crippen LogP contribution in [-0.4, -0.2) is 32.7 Å². The second kappa shape index (κ2) is 8.18. The van der Waals surface area contributed by atoms with E-state index in [0.717, 1.165) is 5.69 Å². The van der Waals surface area contributed by atoms with Crippen LogP contribution in [0.25, 0.3) is 0 Å². The van der Waals surface area contributed by atoms with Gasteiger partial charge in [0.15, 0.2) is 11.6 Å². The molecule has 9 heteroatoms. The highest BCUT2D eigenvalue weighted by Crippen LogP contribution is 2.32.